The van der Waals surface area contributed by atoms with Crippen LogP contribution in [0.25, 0.3) is 0 Å². The fourth-order valence-corrected chi connectivity index (χ4v) is 6.85. The van der Waals surface area contributed by atoms with Gasteiger partial charge in [-0.05, 0) is 42.8 Å². The third-order valence-electron chi connectivity index (χ3n) is 6.40. The molecule has 1 amide bonds. The molecule has 1 aromatic rings. The summed E-state index contributed by atoms with van der Waals surface area (Å²) in [6.45, 7) is 12.6. The van der Waals surface area contributed by atoms with Crippen molar-refractivity contribution in [3.05, 3.63) is 39.9 Å². The molecule has 0 saturated carbocycles. The van der Waals surface area contributed by atoms with Crippen molar-refractivity contribution in [3.8, 4) is 0 Å². The van der Waals surface area contributed by atoms with Crippen LogP contribution in [0.15, 0.2) is 24.3 Å². The van der Waals surface area contributed by atoms with E-state index in [4.69, 9.17) is 21.4 Å². The van der Waals surface area contributed by atoms with E-state index in [0.717, 1.165) is 0 Å². The van der Waals surface area contributed by atoms with Crippen LogP contribution < -0.4 is 0 Å². The Balaban J connectivity index is 1.62. The summed E-state index contributed by atoms with van der Waals surface area (Å²) in [5.74, 6) is -1.08. The van der Waals surface area contributed by atoms with E-state index in [1.54, 1.807) is 0 Å². The lowest BCUT2D eigenvalue weighted by Crippen LogP contribution is -2.65. The van der Waals surface area contributed by atoms with E-state index in [1.807, 2.05) is 6.92 Å². The molecular formula is C21H28N2O6S2Si. The molecular weight excluding hydrogens is 468 g/mol. The maximum absolute atomic E-state index is 13.0. The number of β-lactam (4-membered cyclic amide) rings is 1. The number of hydrogen-bond acceptors (Lipinski definition) is 8. The molecule has 2 fully saturated rings. The van der Waals surface area contributed by atoms with Crippen LogP contribution in [0.2, 0.25) is 18.1 Å². The Hall–Kier alpha value is -1.82. The monoisotopic (exact) mass is 496 g/mol. The summed E-state index contributed by atoms with van der Waals surface area (Å²) in [5.41, 5.74) is 0.573. The Morgan fingerprint density at radius 1 is 1.31 bits per heavy atom. The summed E-state index contributed by atoms with van der Waals surface area (Å²) in [5, 5.41) is 10.5. The molecule has 3 rings (SSSR count). The van der Waals surface area contributed by atoms with E-state index in [1.165, 1.54) is 40.9 Å². The van der Waals surface area contributed by atoms with E-state index < -0.39 is 25.3 Å². The van der Waals surface area contributed by atoms with Gasteiger partial charge in [0.25, 0.3) is 5.69 Å². The summed E-state index contributed by atoms with van der Waals surface area (Å²) < 4.78 is 12.2. The predicted molar refractivity (Wildman–Crippen MR) is 129 cm³/mol. The fourth-order valence-electron chi connectivity index (χ4n) is 3.52. The molecule has 0 bridgehead atoms. The first-order chi connectivity index (χ1) is 14.7. The van der Waals surface area contributed by atoms with Gasteiger partial charge < -0.3 is 14.1 Å². The zero-order valence-corrected chi connectivity index (χ0v) is 21.6. The Morgan fingerprint density at radius 3 is 2.44 bits per heavy atom. The molecule has 2 aliphatic rings. The molecule has 4 atom stereocenters. The third kappa shape index (κ3) is 4.61. The number of nitro benzene ring substituents is 1. The largest absolute Gasteiger partial charge is 0.459 e. The smallest absolute Gasteiger partial charge is 0.335 e. The van der Waals surface area contributed by atoms with Crippen LogP contribution in [0.4, 0.5) is 5.69 Å². The summed E-state index contributed by atoms with van der Waals surface area (Å²) in [6, 6.07) is 4.86. The molecule has 0 N–H and O–H groups in total. The second-order valence-electron chi connectivity index (χ2n) is 9.62. The Bertz CT molecular complexity index is 947. The maximum Gasteiger partial charge on any atom is 0.335 e. The fraction of sp³-hybridized carbons (Fsp3) is 0.571. The quantitative estimate of drug-likeness (QED) is 0.138. The van der Waals surface area contributed by atoms with E-state index in [-0.39, 0.29) is 40.6 Å². The van der Waals surface area contributed by atoms with Gasteiger partial charge in [-0.2, -0.15) is 0 Å². The number of fused-ring (bicyclic) bond motifs is 1. The molecule has 0 aromatic heterocycles. The number of thioether (sulfide) groups is 1. The molecule has 2 aliphatic heterocycles. The number of hydrogen-bond donors (Lipinski definition) is 0. The van der Waals surface area contributed by atoms with Gasteiger partial charge in [0.2, 0.25) is 5.91 Å². The van der Waals surface area contributed by atoms with Crippen molar-refractivity contribution in [1.29, 1.82) is 0 Å². The van der Waals surface area contributed by atoms with Crippen LogP contribution >= 0.6 is 24.0 Å². The second-order valence-corrected chi connectivity index (χ2v) is 16.2. The lowest BCUT2D eigenvalue weighted by molar-refractivity contribution is -0.384. The van der Waals surface area contributed by atoms with Gasteiger partial charge >= 0.3 is 5.97 Å². The van der Waals surface area contributed by atoms with Gasteiger partial charge in [-0.25, -0.2) is 4.79 Å². The van der Waals surface area contributed by atoms with Crippen molar-refractivity contribution < 1.29 is 23.7 Å². The van der Waals surface area contributed by atoms with Gasteiger partial charge in [0.1, 0.15) is 6.61 Å². The summed E-state index contributed by atoms with van der Waals surface area (Å²) in [4.78, 5) is 37.5. The number of rotatable bonds is 7. The van der Waals surface area contributed by atoms with Crippen molar-refractivity contribution >= 4 is 54.1 Å². The first-order valence-corrected chi connectivity index (χ1v) is 14.5. The number of non-ortho nitro benzene ring substituents is 1. The molecule has 8 nitrogen and oxygen atoms in total. The minimum atomic E-state index is -2.05. The van der Waals surface area contributed by atoms with Crippen LogP contribution in [0, 0.1) is 16.0 Å². The van der Waals surface area contributed by atoms with Gasteiger partial charge in [-0.1, -0.05) is 44.8 Å². The summed E-state index contributed by atoms with van der Waals surface area (Å²) >= 11 is 6.76. The zero-order valence-electron chi connectivity index (χ0n) is 19.0. The number of ether oxygens (including phenoxy) is 1. The van der Waals surface area contributed by atoms with Crippen LogP contribution in [-0.4, -0.2) is 51.7 Å². The van der Waals surface area contributed by atoms with E-state index in [2.05, 4.69) is 33.9 Å². The number of thiocarbonyl (C=S) groups is 1. The molecule has 0 spiro atoms. The van der Waals surface area contributed by atoms with Crippen molar-refractivity contribution in [2.75, 3.05) is 0 Å². The SMILES string of the molecule is CC(O[Si](C)(C)C(C)(C)C)[C@H]1C(=O)N2C(C(=O)OCc3ccc([N+](=O)[O-])cc3)C(=S)S[C@@H]12. The highest BCUT2D eigenvalue weighted by Gasteiger charge is 2.61. The van der Waals surface area contributed by atoms with Gasteiger partial charge in [0.05, 0.1) is 26.5 Å². The Kier molecular flexibility index (Phi) is 6.86. The average Bonchev–Trinajstić information content (AvgIpc) is 2.97. The lowest BCUT2D eigenvalue weighted by Gasteiger charge is -2.48. The highest BCUT2D eigenvalue weighted by Crippen LogP contribution is 2.48. The van der Waals surface area contributed by atoms with Crippen LogP contribution in [0.5, 0.6) is 0 Å². The van der Waals surface area contributed by atoms with Gasteiger partial charge in [0, 0.05) is 12.1 Å². The van der Waals surface area contributed by atoms with Crippen molar-refractivity contribution in [3.63, 3.8) is 0 Å². The Labute approximate surface area is 198 Å². The lowest BCUT2D eigenvalue weighted by atomic mass is 9.91. The predicted octanol–water partition coefficient (Wildman–Crippen LogP) is 4.28. The molecule has 0 aliphatic carbocycles. The minimum absolute atomic E-state index is 0.0239. The maximum atomic E-state index is 13.0. The van der Waals surface area contributed by atoms with Crippen LogP contribution in [0.3, 0.4) is 0 Å². The molecule has 2 saturated heterocycles. The number of benzene rings is 1. The number of esters is 1. The molecule has 0 radical (unpaired) electrons. The van der Waals surface area contributed by atoms with Crippen molar-refractivity contribution in [2.24, 2.45) is 5.92 Å². The van der Waals surface area contributed by atoms with Gasteiger partial charge in [-0.3, -0.25) is 14.9 Å². The number of nitrogens with zero attached hydrogens (tertiary/aromatic N) is 2. The van der Waals surface area contributed by atoms with E-state index in [9.17, 15) is 19.7 Å². The van der Waals surface area contributed by atoms with Gasteiger partial charge in [0.15, 0.2) is 14.4 Å². The summed E-state index contributed by atoms with van der Waals surface area (Å²) in [6.07, 6.45) is -0.269. The van der Waals surface area contributed by atoms with Crippen LogP contribution in [0.1, 0.15) is 33.3 Å². The van der Waals surface area contributed by atoms with Crippen LogP contribution in [-0.2, 0) is 25.4 Å². The Morgan fingerprint density at radius 2 is 1.91 bits per heavy atom. The number of nitro groups is 1. The van der Waals surface area contributed by atoms with E-state index in [0.29, 0.717) is 9.76 Å². The van der Waals surface area contributed by atoms with Crippen molar-refractivity contribution in [1.82, 2.24) is 4.90 Å². The molecule has 2 heterocycles. The van der Waals surface area contributed by atoms with Gasteiger partial charge in [-0.15, -0.1) is 0 Å². The minimum Gasteiger partial charge on any atom is -0.459 e. The third-order valence-corrected chi connectivity index (χ3v) is 12.7. The first kappa shape index (κ1) is 24.8. The molecule has 32 heavy (non-hydrogen) atoms. The topological polar surface area (TPSA) is 99.0 Å². The van der Waals surface area contributed by atoms with Crippen molar-refractivity contribution in [2.45, 2.75) is 70.0 Å². The standard InChI is InChI=1S/C21H28N2O6S2Si/c1-12(29-32(5,6)21(2,3)4)15-17(24)22-16(20(30)31-18(15)22)19(25)28-11-13-7-9-14(10-8-13)23(26)27/h7-10,12,15-16,18H,11H2,1-6H3/t12?,15-,16?,18-/m0/s1. The second kappa shape index (κ2) is 8.84. The molecule has 174 valence electrons. The number of carbonyl (C=O) groups excluding carboxylic acids is 2. The first-order valence-electron chi connectivity index (χ1n) is 10.3. The zero-order chi connectivity index (χ0) is 24.0. The average molecular weight is 497 g/mol. The highest BCUT2D eigenvalue weighted by molar-refractivity contribution is 8.24. The summed E-state index contributed by atoms with van der Waals surface area (Å²) in [7, 11) is -2.05. The highest BCUT2D eigenvalue weighted by atomic mass is 32.2. The van der Waals surface area contributed by atoms with E-state index >= 15 is 0 Å². The molecule has 1 aromatic carbocycles. The molecule has 2 unspecified atom stereocenters. The number of amides is 1. The number of carbonyl (C=O) groups is 2. The molecule has 11 heteroatoms. The normalized spacial score (nSPS) is 24.1.